The third-order valence-corrected chi connectivity index (χ3v) is 14.3. The maximum absolute atomic E-state index is 13.1. The van der Waals surface area contributed by atoms with E-state index in [-0.39, 0.29) is 11.9 Å². The van der Waals surface area contributed by atoms with Gasteiger partial charge in [-0.2, -0.15) is 0 Å². The summed E-state index contributed by atoms with van der Waals surface area (Å²) >= 11 is 0. The predicted octanol–water partition coefficient (Wildman–Crippen LogP) is 15.8. The molecule has 0 aromatic heterocycles. The molecule has 1 rings (SSSR count). The lowest BCUT2D eigenvalue weighted by atomic mass is 9.94. The Bertz CT molecular complexity index is 926. The Kier molecular flexibility index (Phi) is 44.6. The molecule has 1 aliphatic heterocycles. The number of carbonyl (C=O) groups excluding carboxylic acids is 2. The minimum atomic E-state index is -0.0232. The van der Waals surface area contributed by atoms with Gasteiger partial charge >= 0.3 is 11.9 Å². The van der Waals surface area contributed by atoms with Crippen molar-refractivity contribution in [2.45, 2.75) is 272 Å². The lowest BCUT2D eigenvalue weighted by Crippen LogP contribution is -2.44. The molecule has 0 radical (unpaired) electrons. The fourth-order valence-corrected chi connectivity index (χ4v) is 9.72. The van der Waals surface area contributed by atoms with Crippen LogP contribution in [0.15, 0.2) is 0 Å². The van der Waals surface area contributed by atoms with E-state index >= 15 is 0 Å². The zero-order valence-electron chi connectivity index (χ0n) is 44.1. The molecule has 1 aliphatic rings. The van der Waals surface area contributed by atoms with Crippen molar-refractivity contribution >= 4 is 11.9 Å². The van der Waals surface area contributed by atoms with Gasteiger partial charge in [0.15, 0.2) is 0 Å². The van der Waals surface area contributed by atoms with E-state index in [1.807, 2.05) is 0 Å². The highest BCUT2D eigenvalue weighted by Crippen LogP contribution is 2.22. The van der Waals surface area contributed by atoms with Crippen LogP contribution in [-0.4, -0.2) is 99.3 Å². The summed E-state index contributed by atoms with van der Waals surface area (Å²) in [4.78, 5) is 33.8. The summed E-state index contributed by atoms with van der Waals surface area (Å²) in [5.74, 6) is 0.959. The standard InChI is InChI=1S/C57H113N3O4/c1-6-10-14-18-22-24-28-32-40-54(38-30-26-20-16-12-8-3)52-63-56(61)42-36-46-59(44-34-35-45-60-50-48-58(5)49-51-60)47-37-43-57(62)64-53-55(39-31-27-21-17-13-9-4)41-33-29-25-23-19-15-11-7-2/h54-55H,6-53H2,1-5H3. The van der Waals surface area contributed by atoms with Gasteiger partial charge in [-0.05, 0) is 96.4 Å². The monoisotopic (exact) mass is 904 g/mol. The van der Waals surface area contributed by atoms with Crippen molar-refractivity contribution in [2.75, 3.05) is 72.6 Å². The molecular formula is C57H113N3O4. The third-order valence-electron chi connectivity index (χ3n) is 14.3. The Morgan fingerprint density at radius 1 is 0.406 bits per heavy atom. The summed E-state index contributed by atoms with van der Waals surface area (Å²) in [5, 5.41) is 0. The van der Waals surface area contributed by atoms with Crippen LogP contribution < -0.4 is 0 Å². The van der Waals surface area contributed by atoms with Gasteiger partial charge in [-0.15, -0.1) is 0 Å². The second-order valence-corrected chi connectivity index (χ2v) is 20.6. The Morgan fingerprint density at radius 2 is 0.719 bits per heavy atom. The molecule has 7 nitrogen and oxygen atoms in total. The smallest absolute Gasteiger partial charge is 0.305 e. The summed E-state index contributed by atoms with van der Waals surface area (Å²) in [6.45, 7) is 19.0. The number of carbonyl (C=O) groups is 2. The van der Waals surface area contributed by atoms with Crippen LogP contribution >= 0.6 is 0 Å². The first-order valence-electron chi connectivity index (χ1n) is 28.9. The molecular weight excluding hydrogens is 791 g/mol. The van der Waals surface area contributed by atoms with Gasteiger partial charge in [0, 0.05) is 39.0 Å². The highest BCUT2D eigenvalue weighted by Gasteiger charge is 2.17. The van der Waals surface area contributed by atoms with Crippen LogP contribution in [0.2, 0.25) is 0 Å². The van der Waals surface area contributed by atoms with Gasteiger partial charge in [0.05, 0.1) is 13.2 Å². The van der Waals surface area contributed by atoms with E-state index in [1.54, 1.807) is 0 Å². The maximum Gasteiger partial charge on any atom is 0.305 e. The fraction of sp³-hybridized carbons (Fsp3) is 0.965. The SMILES string of the molecule is CCCCCCCCCCC(CCCCCCCC)COC(=O)CCCN(CCCCN1CCN(C)CC1)CCCC(=O)OCC(CCCCCCCC)CCCCCCCCCC. The predicted molar refractivity (Wildman–Crippen MR) is 277 cm³/mol. The molecule has 0 bridgehead atoms. The van der Waals surface area contributed by atoms with Crippen LogP contribution in [0.3, 0.4) is 0 Å². The lowest BCUT2D eigenvalue weighted by molar-refractivity contribution is -0.146. The number of hydrogen-bond acceptors (Lipinski definition) is 7. The van der Waals surface area contributed by atoms with Crippen molar-refractivity contribution in [1.29, 1.82) is 0 Å². The van der Waals surface area contributed by atoms with Crippen molar-refractivity contribution in [2.24, 2.45) is 11.8 Å². The zero-order valence-corrected chi connectivity index (χ0v) is 44.1. The number of ether oxygens (including phenoxy) is 2. The van der Waals surface area contributed by atoms with Crippen LogP contribution in [0.1, 0.15) is 272 Å². The highest BCUT2D eigenvalue weighted by molar-refractivity contribution is 5.69. The minimum Gasteiger partial charge on any atom is -0.465 e. The van der Waals surface area contributed by atoms with Crippen molar-refractivity contribution in [3.8, 4) is 0 Å². The van der Waals surface area contributed by atoms with E-state index in [4.69, 9.17) is 9.47 Å². The first kappa shape index (κ1) is 60.8. The van der Waals surface area contributed by atoms with Crippen LogP contribution in [0, 0.1) is 11.8 Å². The molecule has 1 heterocycles. The number of nitrogens with zero attached hydrogens (tertiary/aromatic N) is 3. The minimum absolute atomic E-state index is 0.0232. The fourth-order valence-electron chi connectivity index (χ4n) is 9.72. The lowest BCUT2D eigenvalue weighted by Gasteiger charge is -2.32. The number of piperazine rings is 1. The van der Waals surface area contributed by atoms with Gasteiger partial charge in [0.1, 0.15) is 0 Å². The number of rotatable bonds is 49. The Hall–Kier alpha value is -1.18. The maximum atomic E-state index is 13.1. The molecule has 380 valence electrons. The number of likely N-dealkylation sites (N-methyl/N-ethyl adjacent to an activating group) is 1. The van der Waals surface area contributed by atoms with Crippen molar-refractivity contribution in [3.63, 3.8) is 0 Å². The van der Waals surface area contributed by atoms with Crippen LogP contribution in [0.25, 0.3) is 0 Å². The van der Waals surface area contributed by atoms with E-state index in [9.17, 15) is 9.59 Å². The number of unbranched alkanes of at least 4 members (excludes halogenated alkanes) is 25. The molecule has 0 saturated carbocycles. The van der Waals surface area contributed by atoms with Crippen molar-refractivity contribution in [3.05, 3.63) is 0 Å². The van der Waals surface area contributed by atoms with Gasteiger partial charge in [0.25, 0.3) is 0 Å². The summed E-state index contributed by atoms with van der Waals surface area (Å²) in [7, 11) is 2.22. The molecule has 7 heteroatoms. The average Bonchev–Trinajstić information content (AvgIpc) is 3.29. The van der Waals surface area contributed by atoms with Crippen molar-refractivity contribution < 1.29 is 19.1 Å². The first-order chi connectivity index (χ1) is 31.4. The van der Waals surface area contributed by atoms with E-state index in [0.717, 1.165) is 58.5 Å². The Labute approximate surface area is 400 Å². The van der Waals surface area contributed by atoms with Crippen LogP contribution in [0.5, 0.6) is 0 Å². The molecule has 2 unspecified atom stereocenters. The molecule has 0 N–H and O–H groups in total. The quantitative estimate of drug-likeness (QED) is 0.0445. The van der Waals surface area contributed by atoms with Gasteiger partial charge < -0.3 is 24.2 Å². The Morgan fingerprint density at radius 3 is 1.06 bits per heavy atom. The molecule has 0 amide bonds. The number of esters is 2. The molecule has 1 fully saturated rings. The molecule has 1 saturated heterocycles. The zero-order chi connectivity index (χ0) is 46.4. The normalized spacial score (nSPS) is 14.7. The van der Waals surface area contributed by atoms with E-state index < -0.39 is 0 Å². The molecule has 0 aromatic rings. The van der Waals surface area contributed by atoms with E-state index in [1.165, 1.54) is 225 Å². The number of hydrogen-bond donors (Lipinski definition) is 0. The molecule has 0 spiro atoms. The summed E-state index contributed by atoms with van der Waals surface area (Å²) in [6, 6.07) is 0. The summed E-state index contributed by atoms with van der Waals surface area (Å²) < 4.78 is 12.0. The topological polar surface area (TPSA) is 62.3 Å². The second-order valence-electron chi connectivity index (χ2n) is 20.6. The van der Waals surface area contributed by atoms with Crippen molar-refractivity contribution in [1.82, 2.24) is 14.7 Å². The van der Waals surface area contributed by atoms with E-state index in [0.29, 0.717) is 37.9 Å². The molecule has 2 atom stereocenters. The third kappa shape index (κ3) is 39.9. The second kappa shape index (κ2) is 46.9. The van der Waals surface area contributed by atoms with E-state index in [2.05, 4.69) is 49.4 Å². The Balaban J connectivity index is 2.61. The van der Waals surface area contributed by atoms with Crippen LogP contribution in [-0.2, 0) is 19.1 Å². The van der Waals surface area contributed by atoms with Crippen LogP contribution in [0.4, 0.5) is 0 Å². The van der Waals surface area contributed by atoms with Gasteiger partial charge in [0.2, 0.25) is 0 Å². The first-order valence-corrected chi connectivity index (χ1v) is 28.9. The largest absolute Gasteiger partial charge is 0.465 e. The molecule has 0 aliphatic carbocycles. The molecule has 0 aromatic carbocycles. The average molecular weight is 905 g/mol. The highest BCUT2D eigenvalue weighted by atomic mass is 16.5. The van der Waals surface area contributed by atoms with Gasteiger partial charge in [-0.25, -0.2) is 0 Å². The summed E-state index contributed by atoms with van der Waals surface area (Å²) in [5.41, 5.74) is 0. The van der Waals surface area contributed by atoms with Gasteiger partial charge in [-0.1, -0.05) is 207 Å². The summed E-state index contributed by atoms with van der Waals surface area (Å²) in [6.07, 6.45) is 47.0. The van der Waals surface area contributed by atoms with Gasteiger partial charge in [-0.3, -0.25) is 9.59 Å². The molecule has 64 heavy (non-hydrogen) atoms.